The van der Waals surface area contributed by atoms with Crippen molar-refractivity contribution < 1.29 is 19.2 Å². The SMILES string of the molecule is Cc1nnc(Sc2cc(C(=O)O)c([N+](=O)[O-])cc2F)n1C. The van der Waals surface area contributed by atoms with E-state index in [-0.39, 0.29) is 4.90 Å². The van der Waals surface area contributed by atoms with Gasteiger partial charge < -0.3 is 9.67 Å². The second kappa shape index (κ2) is 5.48. The molecule has 0 radical (unpaired) electrons. The van der Waals surface area contributed by atoms with Crippen molar-refractivity contribution in [1.29, 1.82) is 0 Å². The predicted octanol–water partition coefficient (Wildman–Crippen LogP) is 2.02. The number of benzene rings is 1. The Morgan fingerprint density at radius 3 is 2.62 bits per heavy atom. The van der Waals surface area contributed by atoms with Gasteiger partial charge >= 0.3 is 5.97 Å². The van der Waals surface area contributed by atoms with Gasteiger partial charge in [-0.05, 0) is 24.8 Å². The maximum atomic E-state index is 13.9. The molecule has 1 heterocycles. The molecule has 2 rings (SSSR count). The van der Waals surface area contributed by atoms with Crippen LogP contribution < -0.4 is 0 Å². The van der Waals surface area contributed by atoms with Crippen molar-refractivity contribution in [3.63, 3.8) is 0 Å². The minimum Gasteiger partial charge on any atom is -0.477 e. The van der Waals surface area contributed by atoms with E-state index in [1.807, 2.05) is 0 Å². The van der Waals surface area contributed by atoms with Crippen molar-refractivity contribution in [2.24, 2.45) is 7.05 Å². The molecule has 0 unspecified atom stereocenters. The number of aromatic nitrogens is 3. The van der Waals surface area contributed by atoms with E-state index < -0.39 is 28.0 Å². The number of aromatic carboxylic acids is 1. The summed E-state index contributed by atoms with van der Waals surface area (Å²) in [4.78, 5) is 20.8. The average Bonchev–Trinajstić information content (AvgIpc) is 2.72. The molecule has 0 atom stereocenters. The van der Waals surface area contributed by atoms with Gasteiger partial charge in [0.05, 0.1) is 15.9 Å². The molecule has 0 spiro atoms. The lowest BCUT2D eigenvalue weighted by Crippen LogP contribution is -2.04. The summed E-state index contributed by atoms with van der Waals surface area (Å²) in [7, 11) is 1.67. The molecule has 0 aliphatic rings. The number of hydrogen-bond acceptors (Lipinski definition) is 6. The molecule has 21 heavy (non-hydrogen) atoms. The lowest BCUT2D eigenvalue weighted by Gasteiger charge is -2.05. The molecule has 1 aromatic carbocycles. The molecule has 0 bridgehead atoms. The molecule has 0 fully saturated rings. The van der Waals surface area contributed by atoms with Gasteiger partial charge in [-0.1, -0.05) is 0 Å². The number of rotatable bonds is 4. The fraction of sp³-hybridized carbons (Fsp3) is 0.182. The zero-order valence-electron chi connectivity index (χ0n) is 10.9. The van der Waals surface area contributed by atoms with Crippen molar-refractivity contribution in [2.75, 3.05) is 0 Å². The second-order valence-corrected chi connectivity index (χ2v) is 5.06. The van der Waals surface area contributed by atoms with E-state index >= 15 is 0 Å². The van der Waals surface area contributed by atoms with Crippen LogP contribution in [0.1, 0.15) is 16.2 Å². The van der Waals surface area contributed by atoms with E-state index in [2.05, 4.69) is 10.2 Å². The molecule has 0 saturated carbocycles. The highest BCUT2D eigenvalue weighted by atomic mass is 32.2. The summed E-state index contributed by atoms with van der Waals surface area (Å²) in [5.74, 6) is -1.80. The summed E-state index contributed by atoms with van der Waals surface area (Å²) < 4.78 is 15.5. The fourth-order valence-corrected chi connectivity index (χ4v) is 2.40. The second-order valence-electron chi connectivity index (χ2n) is 4.05. The summed E-state index contributed by atoms with van der Waals surface area (Å²) in [6, 6.07) is 1.51. The Labute approximate surface area is 121 Å². The normalized spacial score (nSPS) is 10.6. The predicted molar refractivity (Wildman–Crippen MR) is 69.9 cm³/mol. The average molecular weight is 312 g/mol. The maximum absolute atomic E-state index is 13.9. The number of hydrogen-bond donors (Lipinski definition) is 1. The first-order valence-electron chi connectivity index (χ1n) is 5.56. The Hall–Kier alpha value is -2.49. The Balaban J connectivity index is 2.50. The van der Waals surface area contributed by atoms with Crippen LogP contribution in [0.15, 0.2) is 22.2 Å². The number of nitro benzene ring substituents is 1. The number of carbonyl (C=O) groups is 1. The van der Waals surface area contributed by atoms with Gasteiger partial charge in [0.25, 0.3) is 5.69 Å². The number of nitro groups is 1. The van der Waals surface area contributed by atoms with E-state index in [0.29, 0.717) is 17.0 Å². The molecule has 0 amide bonds. The number of nitrogens with zero attached hydrogens (tertiary/aromatic N) is 4. The van der Waals surface area contributed by atoms with E-state index in [1.54, 1.807) is 18.5 Å². The van der Waals surface area contributed by atoms with Gasteiger partial charge in [-0.15, -0.1) is 10.2 Å². The monoisotopic (exact) mass is 312 g/mol. The van der Waals surface area contributed by atoms with Gasteiger partial charge in [0, 0.05) is 7.05 Å². The highest BCUT2D eigenvalue weighted by Gasteiger charge is 2.24. The lowest BCUT2D eigenvalue weighted by molar-refractivity contribution is -0.385. The minimum atomic E-state index is -1.50. The standard InChI is InChI=1S/C11H9FN4O4S/c1-5-13-14-11(15(5)2)21-9-3-6(10(17)18)8(16(19)20)4-7(9)12/h3-4H,1-2H3,(H,17,18). The summed E-state index contributed by atoms with van der Waals surface area (Å²) in [6.07, 6.45) is 0. The van der Waals surface area contributed by atoms with Crippen LogP contribution in [0.25, 0.3) is 0 Å². The van der Waals surface area contributed by atoms with Gasteiger partial charge in [0.2, 0.25) is 0 Å². The number of aryl methyl sites for hydroxylation is 1. The van der Waals surface area contributed by atoms with Crippen LogP contribution in [0.5, 0.6) is 0 Å². The van der Waals surface area contributed by atoms with E-state index in [4.69, 9.17) is 5.11 Å². The Morgan fingerprint density at radius 1 is 1.48 bits per heavy atom. The third kappa shape index (κ3) is 2.84. The summed E-state index contributed by atoms with van der Waals surface area (Å²) in [5.41, 5.74) is -1.37. The highest BCUT2D eigenvalue weighted by Crippen LogP contribution is 2.33. The largest absolute Gasteiger partial charge is 0.477 e. The van der Waals surface area contributed by atoms with E-state index in [1.165, 1.54) is 0 Å². The van der Waals surface area contributed by atoms with Crippen LogP contribution in [-0.4, -0.2) is 30.8 Å². The first-order chi connectivity index (χ1) is 9.81. The smallest absolute Gasteiger partial charge is 0.342 e. The van der Waals surface area contributed by atoms with Gasteiger partial charge in [0.1, 0.15) is 17.2 Å². The summed E-state index contributed by atoms with van der Waals surface area (Å²) >= 11 is 0.842. The van der Waals surface area contributed by atoms with Crippen LogP contribution >= 0.6 is 11.8 Å². The van der Waals surface area contributed by atoms with Crippen LogP contribution in [0.4, 0.5) is 10.1 Å². The van der Waals surface area contributed by atoms with Gasteiger partial charge in [-0.2, -0.15) is 0 Å². The Morgan fingerprint density at radius 2 is 2.14 bits per heavy atom. The lowest BCUT2D eigenvalue weighted by atomic mass is 10.2. The Kier molecular flexibility index (Phi) is 3.89. The molecule has 0 saturated heterocycles. The number of carboxylic acid groups (broad SMARTS) is 1. The van der Waals surface area contributed by atoms with Crippen molar-refractivity contribution in [1.82, 2.24) is 14.8 Å². The Bertz CT molecular complexity index is 746. The molecule has 1 N–H and O–H groups in total. The topological polar surface area (TPSA) is 111 Å². The molecule has 2 aromatic rings. The number of halogens is 1. The molecule has 110 valence electrons. The van der Waals surface area contributed by atoms with Crippen molar-refractivity contribution in [3.05, 3.63) is 39.5 Å². The minimum absolute atomic E-state index is 0.0755. The van der Waals surface area contributed by atoms with Gasteiger partial charge in [-0.25, -0.2) is 9.18 Å². The van der Waals surface area contributed by atoms with E-state index in [0.717, 1.165) is 17.8 Å². The molecule has 8 nitrogen and oxygen atoms in total. The highest BCUT2D eigenvalue weighted by molar-refractivity contribution is 7.99. The van der Waals surface area contributed by atoms with Crippen molar-refractivity contribution >= 4 is 23.4 Å². The third-order valence-electron chi connectivity index (χ3n) is 2.73. The molecule has 0 aliphatic heterocycles. The molecule has 1 aromatic heterocycles. The summed E-state index contributed by atoms with van der Waals surface area (Å²) in [6.45, 7) is 1.70. The summed E-state index contributed by atoms with van der Waals surface area (Å²) in [5, 5.41) is 27.7. The third-order valence-corrected chi connectivity index (χ3v) is 3.80. The van der Waals surface area contributed by atoms with Gasteiger partial charge in [0.15, 0.2) is 5.16 Å². The van der Waals surface area contributed by atoms with Crippen LogP contribution in [0, 0.1) is 22.9 Å². The van der Waals surface area contributed by atoms with Crippen LogP contribution in [-0.2, 0) is 7.05 Å². The fourth-order valence-electron chi connectivity index (χ4n) is 1.52. The first kappa shape index (κ1) is 14.9. The van der Waals surface area contributed by atoms with E-state index in [9.17, 15) is 19.3 Å². The van der Waals surface area contributed by atoms with Gasteiger partial charge in [-0.3, -0.25) is 10.1 Å². The quantitative estimate of drug-likeness (QED) is 0.679. The van der Waals surface area contributed by atoms with Crippen LogP contribution in [0.3, 0.4) is 0 Å². The molecule has 10 heteroatoms. The zero-order chi connectivity index (χ0) is 15.7. The number of carboxylic acids is 1. The zero-order valence-corrected chi connectivity index (χ0v) is 11.7. The maximum Gasteiger partial charge on any atom is 0.342 e. The van der Waals surface area contributed by atoms with Crippen LogP contribution in [0.2, 0.25) is 0 Å². The van der Waals surface area contributed by atoms with Crippen molar-refractivity contribution in [2.45, 2.75) is 17.0 Å². The van der Waals surface area contributed by atoms with Crippen molar-refractivity contribution in [3.8, 4) is 0 Å². The first-order valence-corrected chi connectivity index (χ1v) is 6.38. The molecular formula is C11H9FN4O4S. The molecular weight excluding hydrogens is 303 g/mol. The molecule has 0 aliphatic carbocycles.